The van der Waals surface area contributed by atoms with Crippen molar-refractivity contribution >= 4 is 24.8 Å². The SMILES string of the molecule is CCCCC(=O)C[C@H]1Cc2cccc(C(=O)OCOC(=O)Cc3ccccc3)c2OB1O. The average Bonchev–Trinajstić information content (AvgIpc) is 2.78. The number of benzene rings is 2. The van der Waals surface area contributed by atoms with Crippen LogP contribution in [0.5, 0.6) is 5.75 Å². The van der Waals surface area contributed by atoms with Crippen molar-refractivity contribution in [2.75, 3.05) is 6.79 Å². The molecule has 0 amide bonds. The van der Waals surface area contributed by atoms with Crippen molar-refractivity contribution in [3.8, 4) is 5.75 Å². The van der Waals surface area contributed by atoms with Crippen molar-refractivity contribution in [2.45, 2.75) is 51.3 Å². The molecule has 8 heteroatoms. The maximum Gasteiger partial charge on any atom is 0.526 e. The van der Waals surface area contributed by atoms with Crippen LogP contribution in [0.1, 0.15) is 54.1 Å². The number of hydrogen-bond donors (Lipinski definition) is 1. The third-order valence-corrected chi connectivity index (χ3v) is 5.34. The topological polar surface area (TPSA) is 99.1 Å². The van der Waals surface area contributed by atoms with E-state index in [1.807, 2.05) is 25.1 Å². The van der Waals surface area contributed by atoms with Crippen LogP contribution in [0, 0.1) is 0 Å². The fraction of sp³-hybridized carbons (Fsp3) is 0.375. The Balaban J connectivity index is 1.55. The first-order valence-corrected chi connectivity index (χ1v) is 10.8. The number of carbonyl (C=O) groups is 3. The second kappa shape index (κ2) is 11.5. The van der Waals surface area contributed by atoms with Gasteiger partial charge in [0.15, 0.2) is 0 Å². The van der Waals surface area contributed by atoms with E-state index in [0.717, 1.165) is 24.0 Å². The molecular weight excluding hydrogens is 411 g/mol. The molecule has 32 heavy (non-hydrogen) atoms. The van der Waals surface area contributed by atoms with Crippen molar-refractivity contribution in [3.05, 3.63) is 65.2 Å². The van der Waals surface area contributed by atoms with Gasteiger partial charge in [-0.15, -0.1) is 0 Å². The van der Waals surface area contributed by atoms with Crippen LogP contribution in [0.25, 0.3) is 0 Å². The zero-order chi connectivity index (χ0) is 22.9. The molecule has 1 heterocycles. The molecular formula is C24H27BO7. The second-order valence-electron chi connectivity index (χ2n) is 7.84. The lowest BCUT2D eigenvalue weighted by Crippen LogP contribution is -2.36. The Morgan fingerprint density at radius 2 is 1.88 bits per heavy atom. The number of fused-ring (bicyclic) bond motifs is 1. The summed E-state index contributed by atoms with van der Waals surface area (Å²) in [5.41, 5.74) is 1.65. The Morgan fingerprint density at radius 1 is 1.09 bits per heavy atom. The summed E-state index contributed by atoms with van der Waals surface area (Å²) in [6.45, 7) is 1.50. The Morgan fingerprint density at radius 3 is 2.62 bits per heavy atom. The molecule has 3 rings (SSSR count). The van der Waals surface area contributed by atoms with Crippen LogP contribution in [-0.2, 0) is 31.9 Å². The van der Waals surface area contributed by atoms with E-state index in [1.54, 1.807) is 24.3 Å². The molecule has 168 valence electrons. The van der Waals surface area contributed by atoms with Crippen molar-refractivity contribution in [3.63, 3.8) is 0 Å². The van der Waals surface area contributed by atoms with E-state index in [0.29, 0.717) is 12.8 Å². The first kappa shape index (κ1) is 23.5. The first-order chi connectivity index (χ1) is 15.5. The molecule has 0 aliphatic carbocycles. The summed E-state index contributed by atoms with van der Waals surface area (Å²) >= 11 is 0. The summed E-state index contributed by atoms with van der Waals surface area (Å²) in [5, 5.41) is 10.4. The molecule has 0 spiro atoms. The van der Waals surface area contributed by atoms with Crippen LogP contribution < -0.4 is 4.65 Å². The Bertz CT molecular complexity index is 945. The maximum absolute atomic E-state index is 12.5. The standard InChI is InChI=1S/C24H27BO7/c1-2-3-11-20(26)15-19-14-18-10-7-12-21(23(18)32-25(19)29)24(28)31-16-30-22(27)13-17-8-5-4-6-9-17/h4-10,12,19,29H,2-3,11,13-16H2,1H3/t19-/m1/s1. The van der Waals surface area contributed by atoms with Crippen LogP contribution in [-0.4, -0.2) is 36.7 Å². The highest BCUT2D eigenvalue weighted by Crippen LogP contribution is 2.36. The third-order valence-electron chi connectivity index (χ3n) is 5.34. The van der Waals surface area contributed by atoms with Crippen molar-refractivity contribution in [2.24, 2.45) is 0 Å². The van der Waals surface area contributed by atoms with E-state index >= 15 is 0 Å². The number of Topliss-reactive ketones (excluding diaryl/α,β-unsaturated/α-hetero) is 1. The molecule has 1 N–H and O–H groups in total. The fourth-order valence-corrected chi connectivity index (χ4v) is 3.63. The lowest BCUT2D eigenvalue weighted by Gasteiger charge is -2.28. The van der Waals surface area contributed by atoms with E-state index in [2.05, 4.69) is 0 Å². The van der Waals surface area contributed by atoms with Gasteiger partial charge in [0.25, 0.3) is 0 Å². The number of hydrogen-bond acceptors (Lipinski definition) is 7. The Labute approximate surface area is 187 Å². The van der Waals surface area contributed by atoms with Gasteiger partial charge in [-0.2, -0.15) is 0 Å². The minimum Gasteiger partial charge on any atom is -0.535 e. The monoisotopic (exact) mass is 438 g/mol. The lowest BCUT2D eigenvalue weighted by atomic mass is 9.64. The van der Waals surface area contributed by atoms with E-state index < -0.39 is 25.8 Å². The van der Waals surface area contributed by atoms with E-state index in [4.69, 9.17) is 14.1 Å². The predicted octanol–water partition coefficient (Wildman–Crippen LogP) is 3.52. The molecule has 0 bridgehead atoms. The molecule has 0 radical (unpaired) electrons. The van der Waals surface area contributed by atoms with E-state index in [9.17, 15) is 19.4 Å². The van der Waals surface area contributed by atoms with Gasteiger partial charge in [0.2, 0.25) is 6.79 Å². The largest absolute Gasteiger partial charge is 0.535 e. The summed E-state index contributed by atoms with van der Waals surface area (Å²) in [6, 6.07) is 14.1. The van der Waals surface area contributed by atoms with Crippen molar-refractivity contribution < 1.29 is 33.5 Å². The Hall–Kier alpha value is -3.13. The summed E-state index contributed by atoms with van der Waals surface area (Å²) in [5.74, 6) is -1.27. The summed E-state index contributed by atoms with van der Waals surface area (Å²) in [4.78, 5) is 36.5. The van der Waals surface area contributed by atoms with Gasteiger partial charge < -0.3 is 19.2 Å². The minimum atomic E-state index is -1.19. The molecule has 7 nitrogen and oxygen atoms in total. The predicted molar refractivity (Wildman–Crippen MR) is 118 cm³/mol. The fourth-order valence-electron chi connectivity index (χ4n) is 3.63. The second-order valence-corrected chi connectivity index (χ2v) is 7.84. The van der Waals surface area contributed by atoms with Crippen LogP contribution >= 0.6 is 0 Å². The maximum atomic E-state index is 12.5. The van der Waals surface area contributed by atoms with Gasteiger partial charge in [0.1, 0.15) is 17.1 Å². The summed E-state index contributed by atoms with van der Waals surface area (Å²) in [7, 11) is -1.19. The molecule has 1 aliphatic heterocycles. The normalized spacial score (nSPS) is 14.8. The van der Waals surface area contributed by atoms with Gasteiger partial charge in [0, 0.05) is 18.7 Å². The molecule has 0 aromatic heterocycles. The van der Waals surface area contributed by atoms with E-state index in [-0.39, 0.29) is 35.8 Å². The highest BCUT2D eigenvalue weighted by atomic mass is 16.7. The lowest BCUT2D eigenvalue weighted by molar-refractivity contribution is -0.151. The van der Waals surface area contributed by atoms with Crippen molar-refractivity contribution in [1.29, 1.82) is 0 Å². The molecule has 1 atom stereocenters. The highest BCUT2D eigenvalue weighted by molar-refractivity contribution is 6.47. The summed E-state index contributed by atoms with van der Waals surface area (Å²) in [6.07, 6.45) is 2.97. The van der Waals surface area contributed by atoms with Crippen LogP contribution in [0.15, 0.2) is 48.5 Å². The smallest absolute Gasteiger partial charge is 0.526 e. The number of ketones is 1. The van der Waals surface area contributed by atoms with Crippen LogP contribution in [0.3, 0.4) is 0 Å². The molecule has 2 aromatic carbocycles. The number of carbonyl (C=O) groups excluding carboxylic acids is 3. The number of ether oxygens (including phenoxy) is 2. The third kappa shape index (κ3) is 6.44. The quantitative estimate of drug-likeness (QED) is 0.344. The summed E-state index contributed by atoms with van der Waals surface area (Å²) < 4.78 is 15.7. The number of unbranched alkanes of at least 4 members (excludes halogenated alkanes) is 1. The van der Waals surface area contributed by atoms with Gasteiger partial charge in [-0.3, -0.25) is 9.59 Å². The number of rotatable bonds is 10. The first-order valence-electron chi connectivity index (χ1n) is 10.8. The van der Waals surface area contributed by atoms with E-state index in [1.165, 1.54) is 6.07 Å². The molecule has 2 aromatic rings. The minimum absolute atomic E-state index is 0.0762. The average molecular weight is 438 g/mol. The van der Waals surface area contributed by atoms with Gasteiger partial charge in [0.05, 0.1) is 6.42 Å². The van der Waals surface area contributed by atoms with Gasteiger partial charge in [-0.25, -0.2) is 4.79 Å². The van der Waals surface area contributed by atoms with Crippen molar-refractivity contribution in [1.82, 2.24) is 0 Å². The zero-order valence-electron chi connectivity index (χ0n) is 18.1. The molecule has 0 saturated carbocycles. The van der Waals surface area contributed by atoms with Gasteiger partial charge >= 0.3 is 19.1 Å². The van der Waals surface area contributed by atoms with Gasteiger partial charge in [-0.1, -0.05) is 55.8 Å². The molecule has 0 saturated heterocycles. The molecule has 0 unspecified atom stereocenters. The highest BCUT2D eigenvalue weighted by Gasteiger charge is 2.37. The zero-order valence-corrected chi connectivity index (χ0v) is 18.1. The number of esters is 2. The van der Waals surface area contributed by atoms with Crippen LogP contribution in [0.2, 0.25) is 5.82 Å². The molecule has 1 aliphatic rings. The Kier molecular flexibility index (Phi) is 8.44. The van der Waals surface area contributed by atoms with Gasteiger partial charge in [-0.05, 0) is 30.0 Å². The molecule has 0 fully saturated rings. The number of para-hydroxylation sites is 1. The van der Waals surface area contributed by atoms with Crippen LogP contribution in [0.4, 0.5) is 0 Å².